The van der Waals surface area contributed by atoms with Gasteiger partial charge >= 0.3 is 0 Å². The predicted octanol–water partition coefficient (Wildman–Crippen LogP) is 1.27. The monoisotopic (exact) mass is 289 g/mol. The molecule has 0 aliphatic rings. The Morgan fingerprint density at radius 2 is 2.21 bits per heavy atom. The van der Waals surface area contributed by atoms with Crippen LogP contribution >= 0.6 is 11.6 Å². The minimum absolute atomic E-state index is 0.0181. The van der Waals surface area contributed by atoms with Gasteiger partial charge in [-0.3, -0.25) is 4.79 Å². The molecule has 0 saturated heterocycles. The lowest BCUT2D eigenvalue weighted by Gasteiger charge is -2.18. The zero-order chi connectivity index (χ0) is 14.4. The quantitative estimate of drug-likeness (QED) is 0.739. The van der Waals surface area contributed by atoms with Gasteiger partial charge in [0, 0.05) is 6.42 Å². The summed E-state index contributed by atoms with van der Waals surface area (Å²) in [4.78, 5) is 11.6. The van der Waals surface area contributed by atoms with Gasteiger partial charge in [-0.1, -0.05) is 23.7 Å². The van der Waals surface area contributed by atoms with Crippen LogP contribution in [0.15, 0.2) is 18.2 Å². The average Bonchev–Trinajstić information content (AvgIpc) is 2.37. The summed E-state index contributed by atoms with van der Waals surface area (Å²) in [5, 5.41) is 20.8. The molecule has 0 aliphatic heterocycles. The van der Waals surface area contributed by atoms with Crippen molar-refractivity contribution in [1.29, 1.82) is 0 Å². The molecule has 2 atom stereocenters. The maximum Gasteiger partial charge on any atom is 0.220 e. The molecule has 19 heavy (non-hydrogen) atoms. The van der Waals surface area contributed by atoms with E-state index in [-0.39, 0.29) is 24.0 Å². The van der Waals surface area contributed by atoms with Crippen LogP contribution in [0.3, 0.4) is 0 Å². The summed E-state index contributed by atoms with van der Waals surface area (Å²) in [5.74, 6) is -0.850. The lowest BCUT2D eigenvalue weighted by molar-refractivity contribution is -0.123. The molecule has 1 amide bonds. The first-order valence-corrected chi connectivity index (χ1v) is 6.34. The van der Waals surface area contributed by atoms with Crippen molar-refractivity contribution >= 4 is 17.5 Å². The zero-order valence-corrected chi connectivity index (χ0v) is 11.3. The van der Waals surface area contributed by atoms with Gasteiger partial charge in [0.2, 0.25) is 5.91 Å². The van der Waals surface area contributed by atoms with E-state index in [0.717, 1.165) is 0 Å². The van der Waals surface area contributed by atoms with Crippen LogP contribution in [0.2, 0.25) is 5.02 Å². The molecular weight excluding hydrogens is 273 g/mol. The topological polar surface area (TPSA) is 69.6 Å². The number of rotatable bonds is 6. The van der Waals surface area contributed by atoms with E-state index in [1.54, 1.807) is 6.07 Å². The lowest BCUT2D eigenvalue weighted by Crippen LogP contribution is -2.44. The van der Waals surface area contributed by atoms with Crippen molar-refractivity contribution in [2.45, 2.75) is 31.9 Å². The minimum atomic E-state index is -0.841. The van der Waals surface area contributed by atoms with Crippen molar-refractivity contribution in [1.82, 2.24) is 5.32 Å². The molecule has 0 radical (unpaired) electrons. The average molecular weight is 290 g/mol. The number of hydrogen-bond donors (Lipinski definition) is 3. The fourth-order valence-electron chi connectivity index (χ4n) is 1.59. The number of nitrogens with one attached hydrogen (secondary N) is 1. The Balaban J connectivity index is 2.52. The molecule has 0 fully saturated rings. The molecule has 1 aromatic carbocycles. The molecule has 0 unspecified atom stereocenters. The summed E-state index contributed by atoms with van der Waals surface area (Å²) in [5.41, 5.74) is 0.550. The zero-order valence-electron chi connectivity index (χ0n) is 10.6. The molecule has 0 aromatic heterocycles. The number of aliphatic hydroxyl groups is 2. The first kappa shape index (κ1) is 15.9. The van der Waals surface area contributed by atoms with Crippen LogP contribution in [0.4, 0.5) is 4.39 Å². The summed E-state index contributed by atoms with van der Waals surface area (Å²) in [6.07, 6.45) is -0.445. The van der Waals surface area contributed by atoms with Gasteiger partial charge in [0.1, 0.15) is 5.82 Å². The van der Waals surface area contributed by atoms with Crippen LogP contribution in [0.5, 0.6) is 0 Å². The van der Waals surface area contributed by atoms with Crippen molar-refractivity contribution in [2.75, 3.05) is 6.61 Å². The smallest absolute Gasteiger partial charge is 0.220 e. The van der Waals surface area contributed by atoms with Gasteiger partial charge in [0.25, 0.3) is 0 Å². The van der Waals surface area contributed by atoms with E-state index in [4.69, 9.17) is 16.7 Å². The predicted molar refractivity (Wildman–Crippen MR) is 70.4 cm³/mol. The van der Waals surface area contributed by atoms with Crippen LogP contribution in [0, 0.1) is 5.82 Å². The van der Waals surface area contributed by atoms with Gasteiger partial charge in [-0.25, -0.2) is 4.39 Å². The third-order valence-electron chi connectivity index (χ3n) is 2.78. The molecule has 0 aliphatic carbocycles. The van der Waals surface area contributed by atoms with Crippen LogP contribution in [-0.4, -0.2) is 34.9 Å². The Morgan fingerprint density at radius 1 is 1.53 bits per heavy atom. The van der Waals surface area contributed by atoms with E-state index in [9.17, 15) is 14.3 Å². The number of carbonyl (C=O) groups excluding carboxylic acids is 1. The highest BCUT2D eigenvalue weighted by Crippen LogP contribution is 2.20. The van der Waals surface area contributed by atoms with Crippen molar-refractivity contribution in [3.05, 3.63) is 34.6 Å². The van der Waals surface area contributed by atoms with E-state index < -0.39 is 18.0 Å². The standard InChI is InChI=1S/C13H17ClFNO3/c1-8(18)11(7-17)16-12(19)6-5-9-3-2-4-10(15)13(9)14/h2-4,8,11,17-18H,5-7H2,1H3,(H,16,19)/t8-,11-/m1/s1. The van der Waals surface area contributed by atoms with Crippen LogP contribution in [0.25, 0.3) is 0 Å². The van der Waals surface area contributed by atoms with Gasteiger partial charge in [-0.05, 0) is 25.0 Å². The maximum atomic E-state index is 13.2. The molecule has 0 heterocycles. The number of amides is 1. The third-order valence-corrected chi connectivity index (χ3v) is 3.20. The number of benzene rings is 1. The van der Waals surface area contributed by atoms with Gasteiger partial charge < -0.3 is 15.5 Å². The van der Waals surface area contributed by atoms with Gasteiger partial charge in [-0.15, -0.1) is 0 Å². The second kappa shape index (κ2) is 7.43. The Hall–Kier alpha value is -1.17. The number of carbonyl (C=O) groups is 1. The third kappa shape index (κ3) is 4.78. The highest BCUT2D eigenvalue weighted by Gasteiger charge is 2.16. The Bertz CT molecular complexity index is 440. The normalized spacial score (nSPS) is 13.9. The highest BCUT2D eigenvalue weighted by atomic mass is 35.5. The van der Waals surface area contributed by atoms with Crippen LogP contribution < -0.4 is 5.32 Å². The number of aryl methyl sites for hydroxylation is 1. The first-order valence-electron chi connectivity index (χ1n) is 5.97. The van der Waals surface area contributed by atoms with Crippen molar-refractivity contribution in [3.8, 4) is 0 Å². The van der Waals surface area contributed by atoms with E-state index in [2.05, 4.69) is 5.32 Å². The Morgan fingerprint density at radius 3 is 2.79 bits per heavy atom. The summed E-state index contributed by atoms with van der Waals surface area (Å²) in [7, 11) is 0. The number of hydrogen-bond acceptors (Lipinski definition) is 3. The SMILES string of the molecule is C[C@@H](O)[C@@H](CO)NC(=O)CCc1cccc(F)c1Cl. The molecule has 1 rings (SSSR count). The highest BCUT2D eigenvalue weighted by molar-refractivity contribution is 6.31. The Kier molecular flexibility index (Phi) is 6.21. The van der Waals surface area contributed by atoms with Gasteiger partial charge in [0.05, 0.1) is 23.8 Å². The number of aliphatic hydroxyl groups excluding tert-OH is 2. The van der Waals surface area contributed by atoms with E-state index >= 15 is 0 Å². The Labute approximate surface area is 116 Å². The number of halogens is 2. The fourth-order valence-corrected chi connectivity index (χ4v) is 1.81. The van der Waals surface area contributed by atoms with Crippen molar-refractivity contribution in [2.24, 2.45) is 0 Å². The molecule has 0 spiro atoms. The van der Waals surface area contributed by atoms with E-state index in [1.807, 2.05) is 0 Å². The second-order valence-electron chi connectivity index (χ2n) is 4.31. The molecule has 0 saturated carbocycles. The van der Waals surface area contributed by atoms with Crippen LogP contribution in [-0.2, 0) is 11.2 Å². The molecule has 4 nitrogen and oxygen atoms in total. The van der Waals surface area contributed by atoms with Crippen LogP contribution in [0.1, 0.15) is 18.9 Å². The molecule has 106 valence electrons. The second-order valence-corrected chi connectivity index (χ2v) is 4.69. The largest absolute Gasteiger partial charge is 0.394 e. The minimum Gasteiger partial charge on any atom is -0.394 e. The van der Waals surface area contributed by atoms with E-state index in [0.29, 0.717) is 12.0 Å². The summed E-state index contributed by atoms with van der Waals surface area (Å²) < 4.78 is 13.2. The first-order chi connectivity index (χ1) is 8.95. The van der Waals surface area contributed by atoms with Gasteiger partial charge in [0.15, 0.2) is 0 Å². The summed E-state index contributed by atoms with van der Waals surface area (Å²) >= 11 is 5.77. The maximum absolute atomic E-state index is 13.2. The molecule has 6 heteroatoms. The molecule has 1 aromatic rings. The summed E-state index contributed by atoms with van der Waals surface area (Å²) in [6, 6.07) is 3.73. The fraction of sp³-hybridized carbons (Fsp3) is 0.462. The van der Waals surface area contributed by atoms with E-state index in [1.165, 1.54) is 19.1 Å². The van der Waals surface area contributed by atoms with Crippen molar-refractivity contribution in [3.63, 3.8) is 0 Å². The lowest BCUT2D eigenvalue weighted by atomic mass is 10.1. The molecule has 0 bridgehead atoms. The summed E-state index contributed by atoms with van der Waals surface area (Å²) in [6.45, 7) is 1.13. The molecular formula is C13H17ClFNO3. The molecule has 3 N–H and O–H groups in total. The van der Waals surface area contributed by atoms with Gasteiger partial charge in [-0.2, -0.15) is 0 Å². The van der Waals surface area contributed by atoms with Crippen molar-refractivity contribution < 1.29 is 19.4 Å².